The van der Waals surface area contributed by atoms with Gasteiger partial charge < -0.3 is 34.9 Å². The van der Waals surface area contributed by atoms with E-state index in [9.17, 15) is 19.2 Å². The molecule has 0 radical (unpaired) electrons. The summed E-state index contributed by atoms with van der Waals surface area (Å²) in [4.78, 5) is 48.8. The lowest BCUT2D eigenvalue weighted by Crippen LogP contribution is -2.57. The molecule has 3 amide bonds. The van der Waals surface area contributed by atoms with Crippen LogP contribution in [0.4, 0.5) is 4.79 Å². The Hall–Kier alpha value is -2.24. The van der Waals surface area contributed by atoms with Gasteiger partial charge in [0.15, 0.2) is 5.78 Å². The predicted molar refractivity (Wildman–Crippen MR) is 101 cm³/mol. The van der Waals surface area contributed by atoms with E-state index in [1.807, 2.05) is 0 Å². The van der Waals surface area contributed by atoms with Gasteiger partial charge in [0.25, 0.3) is 0 Å². The molecule has 0 saturated carbocycles. The van der Waals surface area contributed by atoms with Gasteiger partial charge in [0.2, 0.25) is 11.8 Å². The molecule has 3 N–H and O–H groups in total. The molecule has 29 heavy (non-hydrogen) atoms. The van der Waals surface area contributed by atoms with Crippen LogP contribution in [0.2, 0.25) is 0 Å². The van der Waals surface area contributed by atoms with Crippen LogP contribution in [0.1, 0.15) is 27.7 Å². The molecule has 3 atom stereocenters. The van der Waals surface area contributed by atoms with Gasteiger partial charge in [0, 0.05) is 14.2 Å². The summed E-state index contributed by atoms with van der Waals surface area (Å²) in [6.45, 7) is 6.50. The molecule has 0 spiro atoms. The number of alkyl carbamates (subject to hydrolysis) is 1. The topological polar surface area (TPSA) is 145 Å². The molecule has 166 valence electrons. The number of ketones is 1. The second-order valence-electron chi connectivity index (χ2n) is 7.83. The lowest BCUT2D eigenvalue weighted by atomic mass is 10.1. The summed E-state index contributed by atoms with van der Waals surface area (Å²) >= 11 is 0. The molecule has 11 nitrogen and oxygen atoms in total. The van der Waals surface area contributed by atoms with Crippen LogP contribution in [0.3, 0.4) is 0 Å². The Labute approximate surface area is 170 Å². The zero-order valence-corrected chi connectivity index (χ0v) is 17.7. The van der Waals surface area contributed by atoms with E-state index in [-0.39, 0.29) is 25.5 Å². The fraction of sp³-hybridized carbons (Fsp3) is 0.778. The monoisotopic (exact) mass is 417 g/mol. The number of nitrogens with one attached hydrogen (secondary N) is 3. The van der Waals surface area contributed by atoms with E-state index in [0.29, 0.717) is 6.61 Å². The quantitative estimate of drug-likeness (QED) is 0.368. The number of methoxy groups -OCH3 is 2. The third-order valence-corrected chi connectivity index (χ3v) is 3.90. The zero-order valence-electron chi connectivity index (χ0n) is 17.7. The predicted octanol–water partition coefficient (Wildman–Crippen LogP) is -0.868. The second kappa shape index (κ2) is 10.5. The number of carbonyl (C=O) groups excluding carboxylic acids is 4. The van der Waals surface area contributed by atoms with Crippen LogP contribution in [0.25, 0.3) is 0 Å². The first-order chi connectivity index (χ1) is 13.4. The maximum atomic E-state index is 12.5. The van der Waals surface area contributed by atoms with Gasteiger partial charge in [-0.1, -0.05) is 0 Å². The lowest BCUT2D eigenvalue weighted by molar-refractivity contribution is -0.133. The smallest absolute Gasteiger partial charge is 0.408 e. The van der Waals surface area contributed by atoms with Crippen molar-refractivity contribution in [1.82, 2.24) is 16.0 Å². The van der Waals surface area contributed by atoms with Crippen molar-refractivity contribution in [3.63, 3.8) is 0 Å². The Morgan fingerprint density at radius 2 is 1.52 bits per heavy atom. The van der Waals surface area contributed by atoms with Crippen molar-refractivity contribution in [2.75, 3.05) is 40.6 Å². The van der Waals surface area contributed by atoms with Gasteiger partial charge >= 0.3 is 6.09 Å². The van der Waals surface area contributed by atoms with E-state index >= 15 is 0 Å². The molecular formula is C18H31N3O8. The minimum absolute atomic E-state index is 0.133. The maximum Gasteiger partial charge on any atom is 0.408 e. The average molecular weight is 417 g/mol. The van der Waals surface area contributed by atoms with Gasteiger partial charge in [-0.25, -0.2) is 4.79 Å². The summed E-state index contributed by atoms with van der Waals surface area (Å²) in [5, 5.41) is 7.33. The number of hydrogen-bond acceptors (Lipinski definition) is 8. The molecule has 0 aromatic heterocycles. The molecule has 0 aromatic rings. The van der Waals surface area contributed by atoms with Gasteiger partial charge in [-0.15, -0.1) is 0 Å². The number of hydrogen-bond donors (Lipinski definition) is 3. The molecule has 11 heteroatoms. The van der Waals surface area contributed by atoms with Gasteiger partial charge in [0.1, 0.15) is 23.3 Å². The van der Waals surface area contributed by atoms with Crippen LogP contribution in [0.15, 0.2) is 0 Å². The van der Waals surface area contributed by atoms with Crippen LogP contribution >= 0.6 is 0 Å². The number of amides is 3. The first-order valence-corrected chi connectivity index (χ1v) is 9.14. The van der Waals surface area contributed by atoms with Crippen molar-refractivity contribution in [3.8, 4) is 0 Å². The van der Waals surface area contributed by atoms with Gasteiger partial charge in [-0.3, -0.25) is 14.4 Å². The Morgan fingerprint density at radius 1 is 1.00 bits per heavy atom. The van der Waals surface area contributed by atoms with Crippen molar-refractivity contribution in [1.29, 1.82) is 0 Å². The third kappa shape index (κ3) is 8.75. The van der Waals surface area contributed by atoms with Crippen LogP contribution in [-0.2, 0) is 33.3 Å². The van der Waals surface area contributed by atoms with Crippen LogP contribution in [0.5, 0.6) is 0 Å². The molecular weight excluding hydrogens is 386 g/mol. The largest absolute Gasteiger partial charge is 0.444 e. The zero-order chi connectivity index (χ0) is 22.2. The van der Waals surface area contributed by atoms with Crippen molar-refractivity contribution >= 4 is 23.7 Å². The fourth-order valence-corrected chi connectivity index (χ4v) is 2.17. The molecule has 1 heterocycles. The molecule has 1 rings (SSSR count). The normalized spacial score (nSPS) is 20.2. The molecule has 0 unspecified atom stereocenters. The molecule has 0 aliphatic carbocycles. The van der Waals surface area contributed by atoms with E-state index in [2.05, 4.69) is 16.0 Å². The first kappa shape index (κ1) is 24.8. The Morgan fingerprint density at radius 3 is 1.97 bits per heavy atom. The van der Waals surface area contributed by atoms with Gasteiger partial charge in [-0.2, -0.15) is 0 Å². The van der Waals surface area contributed by atoms with E-state index in [1.165, 1.54) is 14.2 Å². The van der Waals surface area contributed by atoms with Crippen LogP contribution in [0, 0.1) is 0 Å². The molecule has 1 fully saturated rings. The van der Waals surface area contributed by atoms with Crippen molar-refractivity contribution in [3.05, 3.63) is 0 Å². The summed E-state index contributed by atoms with van der Waals surface area (Å²) in [6.07, 6.45) is -0.800. The number of ether oxygens (including phenoxy) is 4. The Kier molecular flexibility index (Phi) is 8.99. The summed E-state index contributed by atoms with van der Waals surface area (Å²) in [6, 6.07) is -2.17. The van der Waals surface area contributed by atoms with Gasteiger partial charge in [-0.05, 0) is 27.7 Å². The molecule has 0 bridgehead atoms. The first-order valence-electron chi connectivity index (χ1n) is 9.14. The van der Waals surface area contributed by atoms with Crippen molar-refractivity contribution < 1.29 is 38.1 Å². The van der Waals surface area contributed by atoms with E-state index in [0.717, 1.165) is 0 Å². The highest BCUT2D eigenvalue weighted by Crippen LogP contribution is 2.26. The number of Topliss-reactive ketones (excluding diaryl/α,β-unsaturated/α-hetero) is 1. The molecule has 0 aromatic carbocycles. The summed E-state index contributed by atoms with van der Waals surface area (Å²) in [5.74, 6) is -1.54. The molecule has 1 aliphatic rings. The number of epoxide rings is 1. The number of carbonyl (C=O) groups is 4. The van der Waals surface area contributed by atoms with Crippen LogP contribution in [-0.4, -0.2) is 87.6 Å². The minimum Gasteiger partial charge on any atom is -0.444 e. The van der Waals surface area contributed by atoms with E-state index < -0.39 is 41.2 Å². The number of rotatable bonds is 11. The molecule has 1 saturated heterocycles. The Bertz CT molecular complexity index is 613. The third-order valence-electron chi connectivity index (χ3n) is 3.90. The van der Waals surface area contributed by atoms with E-state index in [1.54, 1.807) is 27.7 Å². The van der Waals surface area contributed by atoms with Crippen LogP contribution < -0.4 is 16.0 Å². The van der Waals surface area contributed by atoms with Crippen molar-refractivity contribution in [2.24, 2.45) is 0 Å². The van der Waals surface area contributed by atoms with Crippen molar-refractivity contribution in [2.45, 2.75) is 51.0 Å². The standard InChI is InChI=1S/C18H31N3O8/c1-17(2,3)29-16(25)21-12(9-27-6)15(24)20-11(8-26-5)14(23)19-7-13(22)18(4)10-28-18/h11-12H,7-10H2,1-6H3,(H,19,23)(H,20,24)(H,21,25)/t11-,12-,18+/m0/s1. The SMILES string of the molecule is COC[C@H](NC(=O)OC(C)(C)C)C(=O)N[C@@H](COC)C(=O)NCC(=O)[C@@]1(C)CO1. The average Bonchev–Trinajstić information content (AvgIpc) is 3.35. The summed E-state index contributed by atoms with van der Waals surface area (Å²) in [5.41, 5.74) is -1.60. The second-order valence-corrected chi connectivity index (χ2v) is 7.83. The summed E-state index contributed by atoms with van der Waals surface area (Å²) < 4.78 is 20.1. The minimum atomic E-state index is -1.09. The van der Waals surface area contributed by atoms with Gasteiger partial charge in [0.05, 0.1) is 26.4 Å². The maximum absolute atomic E-state index is 12.5. The Balaban J connectivity index is 2.67. The fourth-order valence-electron chi connectivity index (χ4n) is 2.17. The molecule has 1 aliphatic heterocycles. The lowest BCUT2D eigenvalue weighted by Gasteiger charge is -2.24. The highest BCUT2D eigenvalue weighted by atomic mass is 16.6. The highest BCUT2D eigenvalue weighted by Gasteiger charge is 2.46. The van der Waals surface area contributed by atoms with E-state index in [4.69, 9.17) is 18.9 Å². The highest BCUT2D eigenvalue weighted by molar-refractivity contribution is 5.96. The summed E-state index contributed by atoms with van der Waals surface area (Å²) in [7, 11) is 2.73.